The SMILES string of the molecule is CCCCCCCCCCCCS(=O)(=O)C(C)(C)C. The maximum absolute atomic E-state index is 11.9. The zero-order chi connectivity index (χ0) is 14.8. The first kappa shape index (κ1) is 18.9. The molecule has 0 aromatic rings. The van der Waals surface area contributed by atoms with Crippen LogP contribution in [0.1, 0.15) is 91.9 Å². The second kappa shape index (κ2) is 9.79. The molecule has 0 aromatic carbocycles. The molecule has 3 heteroatoms. The molecule has 0 aromatic heterocycles. The molecule has 0 saturated heterocycles. The van der Waals surface area contributed by atoms with E-state index in [1.807, 2.05) is 0 Å². The molecule has 116 valence electrons. The van der Waals surface area contributed by atoms with Crippen LogP contribution in [0.2, 0.25) is 0 Å². The maximum atomic E-state index is 11.9. The minimum Gasteiger partial charge on any atom is -0.228 e. The number of sulfone groups is 1. The van der Waals surface area contributed by atoms with E-state index in [-0.39, 0.29) is 0 Å². The normalized spacial score (nSPS) is 12.8. The van der Waals surface area contributed by atoms with E-state index in [9.17, 15) is 8.42 Å². The first-order valence-corrected chi connectivity index (χ1v) is 9.69. The number of unbranched alkanes of at least 4 members (excludes halogenated alkanes) is 9. The van der Waals surface area contributed by atoms with Crippen molar-refractivity contribution in [2.24, 2.45) is 0 Å². The predicted molar refractivity (Wildman–Crippen MR) is 85.4 cm³/mol. The summed E-state index contributed by atoms with van der Waals surface area (Å²) in [5.74, 6) is 0.354. The van der Waals surface area contributed by atoms with Gasteiger partial charge in [-0.2, -0.15) is 0 Å². The molecular weight excluding hydrogens is 256 g/mol. The predicted octanol–water partition coefficient (Wildman–Crippen LogP) is 5.12. The standard InChI is InChI=1S/C16H34O2S/c1-5-6-7-8-9-10-11-12-13-14-15-19(17,18)16(2,3)4/h5-15H2,1-4H3. The van der Waals surface area contributed by atoms with E-state index < -0.39 is 14.6 Å². The Morgan fingerprint density at radius 2 is 1.05 bits per heavy atom. The molecule has 0 amide bonds. The van der Waals surface area contributed by atoms with E-state index in [0.29, 0.717) is 5.75 Å². The van der Waals surface area contributed by atoms with Crippen molar-refractivity contribution in [2.45, 2.75) is 96.7 Å². The van der Waals surface area contributed by atoms with Crippen molar-refractivity contribution in [2.75, 3.05) is 5.75 Å². The van der Waals surface area contributed by atoms with Crippen molar-refractivity contribution < 1.29 is 8.42 Å². The Bertz CT molecular complexity index is 299. The third kappa shape index (κ3) is 9.48. The van der Waals surface area contributed by atoms with Crippen LogP contribution in [0.3, 0.4) is 0 Å². The van der Waals surface area contributed by atoms with Gasteiger partial charge < -0.3 is 0 Å². The zero-order valence-corrected chi connectivity index (χ0v) is 14.3. The molecule has 0 N–H and O–H groups in total. The highest BCUT2D eigenvalue weighted by molar-refractivity contribution is 7.92. The fourth-order valence-corrected chi connectivity index (χ4v) is 3.28. The van der Waals surface area contributed by atoms with Crippen molar-refractivity contribution in [3.63, 3.8) is 0 Å². The summed E-state index contributed by atoms with van der Waals surface area (Å²) in [6.45, 7) is 7.61. The molecule has 0 spiro atoms. The van der Waals surface area contributed by atoms with Crippen LogP contribution in [0, 0.1) is 0 Å². The van der Waals surface area contributed by atoms with Crippen LogP contribution in [0.5, 0.6) is 0 Å². The summed E-state index contributed by atoms with van der Waals surface area (Å²) < 4.78 is 23.2. The topological polar surface area (TPSA) is 34.1 Å². The average molecular weight is 291 g/mol. The quantitative estimate of drug-likeness (QED) is 0.495. The Morgan fingerprint density at radius 3 is 1.42 bits per heavy atom. The molecule has 0 aliphatic rings. The second-order valence-corrected chi connectivity index (χ2v) is 9.48. The molecule has 0 rings (SSSR count). The molecule has 0 heterocycles. The van der Waals surface area contributed by atoms with Crippen molar-refractivity contribution in [3.05, 3.63) is 0 Å². The maximum Gasteiger partial charge on any atom is 0.155 e. The van der Waals surface area contributed by atoms with E-state index in [0.717, 1.165) is 12.8 Å². The van der Waals surface area contributed by atoms with Gasteiger partial charge in [0.15, 0.2) is 9.84 Å². The van der Waals surface area contributed by atoms with Crippen LogP contribution in [-0.4, -0.2) is 18.9 Å². The lowest BCUT2D eigenvalue weighted by molar-refractivity contribution is 0.545. The minimum absolute atomic E-state index is 0.354. The molecule has 0 saturated carbocycles. The molecule has 2 nitrogen and oxygen atoms in total. The Morgan fingerprint density at radius 1 is 0.684 bits per heavy atom. The summed E-state index contributed by atoms with van der Waals surface area (Å²) in [5, 5.41) is 0. The number of hydrogen-bond acceptors (Lipinski definition) is 2. The largest absolute Gasteiger partial charge is 0.228 e. The summed E-state index contributed by atoms with van der Waals surface area (Å²) in [6, 6.07) is 0. The van der Waals surface area contributed by atoms with Gasteiger partial charge in [-0.05, 0) is 27.2 Å². The van der Waals surface area contributed by atoms with E-state index in [2.05, 4.69) is 6.92 Å². The van der Waals surface area contributed by atoms with Crippen LogP contribution in [0.4, 0.5) is 0 Å². The van der Waals surface area contributed by atoms with Gasteiger partial charge in [0, 0.05) is 0 Å². The molecule has 0 aliphatic carbocycles. The van der Waals surface area contributed by atoms with Gasteiger partial charge in [0.2, 0.25) is 0 Å². The highest BCUT2D eigenvalue weighted by atomic mass is 32.2. The van der Waals surface area contributed by atoms with Crippen LogP contribution in [-0.2, 0) is 9.84 Å². The highest BCUT2D eigenvalue weighted by Crippen LogP contribution is 2.18. The van der Waals surface area contributed by atoms with Gasteiger partial charge in [0.05, 0.1) is 10.5 Å². The van der Waals surface area contributed by atoms with Crippen molar-refractivity contribution >= 4 is 9.84 Å². The van der Waals surface area contributed by atoms with Gasteiger partial charge in [0.25, 0.3) is 0 Å². The van der Waals surface area contributed by atoms with Crippen LogP contribution < -0.4 is 0 Å². The van der Waals surface area contributed by atoms with E-state index >= 15 is 0 Å². The lowest BCUT2D eigenvalue weighted by atomic mass is 10.1. The Balaban J connectivity index is 3.42. The van der Waals surface area contributed by atoms with E-state index in [1.165, 1.54) is 51.4 Å². The van der Waals surface area contributed by atoms with Gasteiger partial charge in [-0.1, -0.05) is 64.7 Å². The summed E-state index contributed by atoms with van der Waals surface area (Å²) in [4.78, 5) is 0. The summed E-state index contributed by atoms with van der Waals surface area (Å²) in [6.07, 6.45) is 12.4. The third-order valence-corrected chi connectivity index (χ3v) is 6.39. The van der Waals surface area contributed by atoms with E-state index in [4.69, 9.17) is 0 Å². The van der Waals surface area contributed by atoms with Crippen LogP contribution in [0.25, 0.3) is 0 Å². The van der Waals surface area contributed by atoms with Crippen molar-refractivity contribution in [1.82, 2.24) is 0 Å². The fraction of sp³-hybridized carbons (Fsp3) is 1.00. The minimum atomic E-state index is -2.91. The Hall–Kier alpha value is -0.0500. The van der Waals surface area contributed by atoms with Gasteiger partial charge in [-0.3, -0.25) is 0 Å². The van der Waals surface area contributed by atoms with Crippen molar-refractivity contribution in [3.8, 4) is 0 Å². The lowest BCUT2D eigenvalue weighted by Crippen LogP contribution is -2.30. The molecule has 19 heavy (non-hydrogen) atoms. The molecule has 0 bridgehead atoms. The van der Waals surface area contributed by atoms with Gasteiger partial charge in [0.1, 0.15) is 0 Å². The molecule has 0 aliphatic heterocycles. The van der Waals surface area contributed by atoms with Gasteiger partial charge >= 0.3 is 0 Å². The second-order valence-electron chi connectivity index (χ2n) is 6.61. The highest BCUT2D eigenvalue weighted by Gasteiger charge is 2.27. The van der Waals surface area contributed by atoms with E-state index in [1.54, 1.807) is 20.8 Å². The van der Waals surface area contributed by atoms with Crippen LogP contribution in [0.15, 0.2) is 0 Å². The molecule has 0 unspecified atom stereocenters. The first-order chi connectivity index (χ1) is 8.81. The molecule has 0 atom stereocenters. The van der Waals surface area contributed by atoms with Crippen molar-refractivity contribution in [1.29, 1.82) is 0 Å². The summed E-state index contributed by atoms with van der Waals surface area (Å²) in [7, 11) is -2.91. The fourth-order valence-electron chi connectivity index (χ4n) is 2.09. The monoisotopic (exact) mass is 290 g/mol. The summed E-state index contributed by atoms with van der Waals surface area (Å²) >= 11 is 0. The molecule has 0 radical (unpaired) electrons. The molecular formula is C16H34O2S. The first-order valence-electron chi connectivity index (χ1n) is 8.03. The smallest absolute Gasteiger partial charge is 0.155 e. The number of hydrogen-bond donors (Lipinski definition) is 0. The number of rotatable bonds is 11. The summed E-state index contributed by atoms with van der Waals surface area (Å²) in [5.41, 5.74) is 0. The third-order valence-electron chi connectivity index (χ3n) is 3.70. The van der Waals surface area contributed by atoms with Gasteiger partial charge in [-0.25, -0.2) is 8.42 Å². The van der Waals surface area contributed by atoms with Gasteiger partial charge in [-0.15, -0.1) is 0 Å². The Kier molecular flexibility index (Phi) is 9.77. The van der Waals surface area contributed by atoms with Crippen LogP contribution >= 0.6 is 0 Å². The molecule has 0 fully saturated rings. The average Bonchev–Trinajstić information content (AvgIpc) is 2.30. The lowest BCUT2D eigenvalue weighted by Gasteiger charge is -2.18. The zero-order valence-electron chi connectivity index (χ0n) is 13.5. The Labute approximate surface area is 121 Å².